The Morgan fingerprint density at radius 3 is 2.89 bits per heavy atom. The molecular formula is C14H21N3O2. The van der Waals surface area contributed by atoms with Crippen LogP contribution in [0, 0.1) is 0 Å². The minimum absolute atomic E-state index is 0.0548. The van der Waals surface area contributed by atoms with E-state index in [1.807, 2.05) is 6.07 Å². The maximum absolute atomic E-state index is 6.08. The molecule has 2 aliphatic heterocycles. The quantitative estimate of drug-likeness (QED) is 0.847. The first-order chi connectivity index (χ1) is 9.43. The maximum atomic E-state index is 6.08. The highest BCUT2D eigenvalue weighted by molar-refractivity contribution is 5.28. The largest absolute Gasteiger partial charge is 0.474 e. The van der Waals surface area contributed by atoms with Crippen molar-refractivity contribution in [2.75, 3.05) is 32.8 Å². The first-order valence-electron chi connectivity index (χ1n) is 7.08. The summed E-state index contributed by atoms with van der Waals surface area (Å²) < 4.78 is 11.9. The molecule has 2 N–H and O–H groups in total. The summed E-state index contributed by atoms with van der Waals surface area (Å²) in [7, 11) is 0. The number of hydrogen-bond acceptors (Lipinski definition) is 5. The molecule has 1 atom stereocenters. The van der Waals surface area contributed by atoms with Gasteiger partial charge >= 0.3 is 0 Å². The second-order valence-corrected chi connectivity index (χ2v) is 5.03. The summed E-state index contributed by atoms with van der Waals surface area (Å²) in [4.78, 5) is 4.40. The van der Waals surface area contributed by atoms with Gasteiger partial charge in [0.25, 0.3) is 0 Å². The summed E-state index contributed by atoms with van der Waals surface area (Å²) in [6, 6.07) is 4.00. The fraction of sp³-hybridized carbons (Fsp3) is 0.643. The van der Waals surface area contributed by atoms with Crippen molar-refractivity contribution >= 4 is 0 Å². The zero-order valence-electron chi connectivity index (χ0n) is 11.1. The second kappa shape index (κ2) is 6.32. The van der Waals surface area contributed by atoms with Crippen molar-refractivity contribution < 1.29 is 9.47 Å². The van der Waals surface area contributed by atoms with E-state index < -0.39 is 0 Å². The van der Waals surface area contributed by atoms with Crippen molar-refractivity contribution in [1.82, 2.24) is 15.6 Å². The third kappa shape index (κ3) is 3.23. The van der Waals surface area contributed by atoms with Gasteiger partial charge in [-0.05, 0) is 38.1 Å². The first kappa shape index (κ1) is 12.8. The molecular weight excluding hydrogens is 242 g/mol. The molecule has 3 heterocycles. The van der Waals surface area contributed by atoms with Gasteiger partial charge in [-0.2, -0.15) is 0 Å². The Hall–Kier alpha value is -1.17. The molecule has 0 spiro atoms. The van der Waals surface area contributed by atoms with E-state index in [0.717, 1.165) is 57.1 Å². The van der Waals surface area contributed by atoms with Gasteiger partial charge in [0.15, 0.2) is 0 Å². The monoisotopic (exact) mass is 263 g/mol. The first-order valence-corrected chi connectivity index (χ1v) is 7.08. The Balaban J connectivity index is 1.72. The minimum Gasteiger partial charge on any atom is -0.474 e. The van der Waals surface area contributed by atoms with Crippen molar-refractivity contribution in [1.29, 1.82) is 0 Å². The zero-order chi connectivity index (χ0) is 12.9. The molecule has 0 radical (unpaired) electrons. The fourth-order valence-electron chi connectivity index (χ4n) is 2.58. The lowest BCUT2D eigenvalue weighted by Crippen LogP contribution is -2.36. The van der Waals surface area contributed by atoms with Crippen LogP contribution in [0.3, 0.4) is 0 Å². The number of nitrogens with zero attached hydrogens (tertiary/aromatic N) is 1. The molecule has 2 aliphatic rings. The molecule has 5 nitrogen and oxygen atoms in total. The van der Waals surface area contributed by atoms with E-state index in [9.17, 15) is 0 Å². The van der Waals surface area contributed by atoms with E-state index in [0.29, 0.717) is 0 Å². The van der Waals surface area contributed by atoms with E-state index in [2.05, 4.69) is 21.7 Å². The predicted molar refractivity (Wildman–Crippen MR) is 72.3 cm³/mol. The van der Waals surface area contributed by atoms with Crippen LogP contribution in [0.1, 0.15) is 24.5 Å². The minimum atomic E-state index is 0.0548. The number of aromatic nitrogens is 1. The summed E-state index contributed by atoms with van der Waals surface area (Å²) in [5, 5.41) is 6.69. The molecule has 2 saturated heterocycles. The van der Waals surface area contributed by atoms with E-state index in [4.69, 9.17) is 9.47 Å². The van der Waals surface area contributed by atoms with E-state index in [1.165, 1.54) is 0 Å². The highest BCUT2D eigenvalue weighted by Crippen LogP contribution is 2.27. The van der Waals surface area contributed by atoms with Gasteiger partial charge in [-0.3, -0.25) is 0 Å². The van der Waals surface area contributed by atoms with Gasteiger partial charge in [0.05, 0.1) is 6.61 Å². The van der Waals surface area contributed by atoms with Crippen molar-refractivity contribution in [3.63, 3.8) is 0 Å². The van der Waals surface area contributed by atoms with Crippen molar-refractivity contribution in [2.24, 2.45) is 0 Å². The fourth-order valence-corrected chi connectivity index (χ4v) is 2.58. The van der Waals surface area contributed by atoms with Crippen LogP contribution in [0.25, 0.3) is 0 Å². The van der Waals surface area contributed by atoms with Gasteiger partial charge in [-0.1, -0.05) is 0 Å². The van der Waals surface area contributed by atoms with Crippen LogP contribution in [0.2, 0.25) is 0 Å². The smallest absolute Gasteiger partial charge is 0.219 e. The van der Waals surface area contributed by atoms with Gasteiger partial charge in [0.1, 0.15) is 12.2 Å². The van der Waals surface area contributed by atoms with Crippen molar-refractivity contribution in [3.05, 3.63) is 23.9 Å². The molecule has 104 valence electrons. The average molecular weight is 263 g/mol. The lowest BCUT2D eigenvalue weighted by molar-refractivity contribution is 0.0239. The third-order valence-corrected chi connectivity index (χ3v) is 3.64. The Bertz CT molecular complexity index is 401. The highest BCUT2D eigenvalue weighted by Gasteiger charge is 2.23. The predicted octanol–water partition coefficient (Wildman–Crippen LogP) is 0.873. The number of piperidine rings is 1. The molecule has 5 heteroatoms. The maximum Gasteiger partial charge on any atom is 0.219 e. The Kier molecular flexibility index (Phi) is 4.27. The number of nitrogens with one attached hydrogen (secondary N) is 2. The van der Waals surface area contributed by atoms with Crippen LogP contribution in [-0.2, 0) is 4.74 Å². The molecule has 0 bridgehead atoms. The third-order valence-electron chi connectivity index (χ3n) is 3.64. The SMILES string of the molecule is c1cnc(OC2CCNCC2)c(C2CNCCO2)c1. The summed E-state index contributed by atoms with van der Waals surface area (Å²) >= 11 is 0. The number of hydrogen-bond donors (Lipinski definition) is 2. The number of rotatable bonds is 3. The molecule has 1 unspecified atom stereocenters. The van der Waals surface area contributed by atoms with Crippen molar-refractivity contribution in [2.45, 2.75) is 25.0 Å². The van der Waals surface area contributed by atoms with Crippen LogP contribution in [0.4, 0.5) is 0 Å². The molecule has 3 rings (SSSR count). The van der Waals surface area contributed by atoms with Crippen LogP contribution < -0.4 is 15.4 Å². The Morgan fingerprint density at radius 1 is 1.21 bits per heavy atom. The van der Waals surface area contributed by atoms with Gasteiger partial charge in [-0.15, -0.1) is 0 Å². The van der Waals surface area contributed by atoms with Crippen molar-refractivity contribution in [3.8, 4) is 5.88 Å². The summed E-state index contributed by atoms with van der Waals surface area (Å²) in [6.45, 7) is 4.53. The molecule has 1 aromatic heterocycles. The molecule has 19 heavy (non-hydrogen) atoms. The molecule has 1 aromatic rings. The highest BCUT2D eigenvalue weighted by atomic mass is 16.5. The molecule has 2 fully saturated rings. The van der Waals surface area contributed by atoms with Crippen LogP contribution in [0.5, 0.6) is 5.88 Å². The second-order valence-electron chi connectivity index (χ2n) is 5.03. The lowest BCUT2D eigenvalue weighted by Gasteiger charge is -2.28. The number of morpholine rings is 1. The Morgan fingerprint density at radius 2 is 2.11 bits per heavy atom. The number of ether oxygens (including phenoxy) is 2. The normalized spacial score (nSPS) is 25.2. The van der Waals surface area contributed by atoms with E-state index in [-0.39, 0.29) is 12.2 Å². The van der Waals surface area contributed by atoms with Crippen LogP contribution in [-0.4, -0.2) is 43.9 Å². The number of pyridine rings is 1. The van der Waals surface area contributed by atoms with Gasteiger partial charge in [0, 0.05) is 24.8 Å². The lowest BCUT2D eigenvalue weighted by atomic mass is 10.1. The molecule has 0 aromatic carbocycles. The molecule has 0 saturated carbocycles. The zero-order valence-corrected chi connectivity index (χ0v) is 11.1. The molecule has 0 aliphatic carbocycles. The van der Waals surface area contributed by atoms with E-state index in [1.54, 1.807) is 6.20 Å². The molecule has 0 amide bonds. The summed E-state index contributed by atoms with van der Waals surface area (Å²) in [5.74, 6) is 0.739. The summed E-state index contributed by atoms with van der Waals surface area (Å²) in [6.07, 6.45) is 4.20. The average Bonchev–Trinajstić information content (AvgIpc) is 2.50. The topological polar surface area (TPSA) is 55.4 Å². The summed E-state index contributed by atoms with van der Waals surface area (Å²) in [5.41, 5.74) is 1.06. The Labute approximate surface area is 113 Å². The van der Waals surface area contributed by atoms with Crippen LogP contribution >= 0.6 is 0 Å². The van der Waals surface area contributed by atoms with Gasteiger partial charge in [-0.25, -0.2) is 4.98 Å². The van der Waals surface area contributed by atoms with E-state index >= 15 is 0 Å². The van der Waals surface area contributed by atoms with Crippen LogP contribution in [0.15, 0.2) is 18.3 Å². The standard InChI is InChI=1S/C14H21N3O2/c1-2-12(13-10-16-8-9-18-13)14(17-5-1)19-11-3-6-15-7-4-11/h1-2,5,11,13,15-16H,3-4,6-10H2. The van der Waals surface area contributed by atoms with Gasteiger partial charge in [0.2, 0.25) is 5.88 Å². The van der Waals surface area contributed by atoms with Gasteiger partial charge < -0.3 is 20.1 Å².